The number of carbonyl (C=O) groups is 2. The van der Waals surface area contributed by atoms with Crippen molar-refractivity contribution in [2.75, 3.05) is 25.0 Å². The maximum Gasteiger partial charge on any atom is 0.417 e. The van der Waals surface area contributed by atoms with Crippen molar-refractivity contribution in [3.05, 3.63) is 65.4 Å². The Kier molecular flexibility index (Phi) is 9.82. The van der Waals surface area contributed by atoms with Crippen LogP contribution in [0.1, 0.15) is 37.6 Å². The van der Waals surface area contributed by atoms with Crippen molar-refractivity contribution < 1.29 is 35.9 Å². The summed E-state index contributed by atoms with van der Waals surface area (Å²) >= 11 is 0.814. The zero-order valence-corrected chi connectivity index (χ0v) is 24.8. The Morgan fingerprint density at radius 1 is 1.02 bits per heavy atom. The fourth-order valence-electron chi connectivity index (χ4n) is 3.68. The highest BCUT2D eigenvalue weighted by Gasteiger charge is 2.33. The van der Waals surface area contributed by atoms with E-state index in [0.717, 1.165) is 17.4 Å². The first-order valence-electron chi connectivity index (χ1n) is 12.4. The number of anilines is 1. The third-order valence-corrected chi connectivity index (χ3v) is 8.89. The summed E-state index contributed by atoms with van der Waals surface area (Å²) in [7, 11) is -2.51. The summed E-state index contributed by atoms with van der Waals surface area (Å²) in [6, 6.07) is 11.5. The van der Waals surface area contributed by atoms with Gasteiger partial charge in [-0.1, -0.05) is 53.8 Å². The molecule has 0 saturated carbocycles. The van der Waals surface area contributed by atoms with Crippen molar-refractivity contribution in [2.45, 2.75) is 50.1 Å². The van der Waals surface area contributed by atoms with Gasteiger partial charge < -0.3 is 10.1 Å². The van der Waals surface area contributed by atoms with Gasteiger partial charge in [0, 0.05) is 20.1 Å². The average Bonchev–Trinajstić information content (AvgIpc) is 3.27. The normalized spacial score (nSPS) is 12.2. The first-order chi connectivity index (χ1) is 19.0. The molecule has 2 N–H and O–H groups in total. The average molecular weight is 613 g/mol. The van der Waals surface area contributed by atoms with Gasteiger partial charge in [-0.25, -0.2) is 22.9 Å². The van der Waals surface area contributed by atoms with Gasteiger partial charge in [-0.2, -0.15) is 13.2 Å². The molecule has 0 radical (unpaired) electrons. The molecule has 2 amide bonds. The van der Waals surface area contributed by atoms with Crippen LogP contribution in [0.2, 0.25) is 0 Å². The number of likely N-dealkylation sites (N-methyl/N-ethyl adjacent to an activating group) is 1. The molecular formula is C27H31F3N4O5S2. The third-order valence-electron chi connectivity index (χ3n) is 5.59. The maximum absolute atomic E-state index is 13.4. The molecule has 9 nitrogen and oxygen atoms in total. The lowest BCUT2D eigenvalue weighted by molar-refractivity contribution is -0.137. The monoisotopic (exact) mass is 612 g/mol. The van der Waals surface area contributed by atoms with E-state index in [4.69, 9.17) is 4.74 Å². The maximum atomic E-state index is 13.4. The number of hydrogen-bond acceptors (Lipinski definition) is 7. The number of rotatable bonds is 9. The number of amides is 2. The number of halogens is 3. The highest BCUT2D eigenvalue weighted by molar-refractivity contribution is 7.91. The van der Waals surface area contributed by atoms with Crippen LogP contribution in [-0.4, -0.2) is 51.1 Å². The highest BCUT2D eigenvalue weighted by Crippen LogP contribution is 2.37. The van der Waals surface area contributed by atoms with E-state index < -0.39 is 33.5 Å². The van der Waals surface area contributed by atoms with E-state index in [-0.39, 0.29) is 46.0 Å². The number of hydrogen-bond donors (Lipinski definition) is 2. The van der Waals surface area contributed by atoms with Gasteiger partial charge in [-0.3, -0.25) is 9.69 Å². The van der Waals surface area contributed by atoms with E-state index in [9.17, 15) is 31.2 Å². The Labute approximate surface area is 240 Å². The minimum absolute atomic E-state index is 0.00216. The molecule has 0 spiro atoms. The number of carbonyl (C=O) groups excluding carboxylic acids is 2. The van der Waals surface area contributed by atoms with E-state index in [1.165, 1.54) is 49.2 Å². The van der Waals surface area contributed by atoms with Gasteiger partial charge in [-0.05, 0) is 50.5 Å². The summed E-state index contributed by atoms with van der Waals surface area (Å²) < 4.78 is 73.1. The number of nitrogens with one attached hydrogen (secondary N) is 2. The van der Waals surface area contributed by atoms with Crippen molar-refractivity contribution >= 4 is 38.5 Å². The van der Waals surface area contributed by atoms with Crippen LogP contribution in [0, 0.1) is 6.92 Å². The predicted octanol–water partition coefficient (Wildman–Crippen LogP) is 5.15. The molecule has 0 atom stereocenters. The van der Waals surface area contributed by atoms with Gasteiger partial charge in [0.2, 0.25) is 5.91 Å². The van der Waals surface area contributed by atoms with Gasteiger partial charge in [0.25, 0.3) is 10.0 Å². The predicted molar refractivity (Wildman–Crippen MR) is 150 cm³/mol. The molecule has 1 aromatic heterocycles. The van der Waals surface area contributed by atoms with E-state index in [0.29, 0.717) is 11.1 Å². The molecule has 0 aliphatic carbocycles. The molecule has 2 aromatic carbocycles. The largest absolute Gasteiger partial charge is 0.444 e. The summed E-state index contributed by atoms with van der Waals surface area (Å²) in [6.45, 7) is 6.53. The third kappa shape index (κ3) is 8.75. The summed E-state index contributed by atoms with van der Waals surface area (Å²) in [5, 5.41) is 2.62. The molecular weight excluding hydrogens is 581 g/mol. The molecule has 0 fully saturated rings. The lowest BCUT2D eigenvalue weighted by atomic mass is 9.98. The van der Waals surface area contributed by atoms with Crippen LogP contribution >= 0.6 is 11.3 Å². The SMILES string of the molecule is Cc1nc(N(C)C(=O)Cc2ccc(-c3ccccc3C(F)(F)F)cc2)sc1S(=O)(=O)NCCNC(=O)OC(C)(C)C. The number of benzene rings is 2. The van der Waals surface area contributed by atoms with Gasteiger partial charge in [0.05, 0.1) is 17.7 Å². The van der Waals surface area contributed by atoms with Gasteiger partial charge in [0.15, 0.2) is 9.34 Å². The van der Waals surface area contributed by atoms with Crippen molar-refractivity contribution in [1.82, 2.24) is 15.0 Å². The Hall–Kier alpha value is -3.49. The molecule has 0 bridgehead atoms. The minimum Gasteiger partial charge on any atom is -0.444 e. The number of aryl methyl sites for hydroxylation is 1. The molecule has 0 aliphatic heterocycles. The Morgan fingerprint density at radius 3 is 2.27 bits per heavy atom. The zero-order chi connectivity index (χ0) is 30.6. The minimum atomic E-state index is -4.50. The first-order valence-corrected chi connectivity index (χ1v) is 14.7. The lowest BCUT2D eigenvalue weighted by Crippen LogP contribution is -2.37. The molecule has 0 unspecified atom stereocenters. The van der Waals surface area contributed by atoms with Gasteiger partial charge in [-0.15, -0.1) is 0 Å². The summed E-state index contributed by atoms with van der Waals surface area (Å²) in [6.07, 6.45) is -5.25. The highest BCUT2D eigenvalue weighted by atomic mass is 32.2. The molecule has 3 rings (SSSR count). The molecule has 0 saturated heterocycles. The van der Waals surface area contributed by atoms with Crippen LogP contribution in [0.3, 0.4) is 0 Å². The zero-order valence-electron chi connectivity index (χ0n) is 23.1. The van der Waals surface area contributed by atoms with Crippen LogP contribution in [0.15, 0.2) is 52.7 Å². The van der Waals surface area contributed by atoms with E-state index in [2.05, 4.69) is 15.0 Å². The van der Waals surface area contributed by atoms with Crippen LogP contribution < -0.4 is 14.9 Å². The van der Waals surface area contributed by atoms with Crippen LogP contribution in [0.4, 0.5) is 23.1 Å². The fourth-order valence-corrected chi connectivity index (χ4v) is 6.23. The van der Waals surface area contributed by atoms with Crippen LogP contribution in [0.25, 0.3) is 11.1 Å². The molecule has 3 aromatic rings. The lowest BCUT2D eigenvalue weighted by Gasteiger charge is -2.19. The molecule has 0 aliphatic rings. The number of sulfonamides is 1. The summed E-state index contributed by atoms with van der Waals surface area (Å²) in [5.74, 6) is -0.388. The first kappa shape index (κ1) is 32.0. The molecule has 41 heavy (non-hydrogen) atoms. The molecule has 1 heterocycles. The number of alkyl halides is 3. The van der Waals surface area contributed by atoms with E-state index >= 15 is 0 Å². The smallest absolute Gasteiger partial charge is 0.417 e. The van der Waals surface area contributed by atoms with Crippen molar-refractivity contribution in [1.29, 1.82) is 0 Å². The topological polar surface area (TPSA) is 118 Å². The van der Waals surface area contributed by atoms with Gasteiger partial charge >= 0.3 is 12.3 Å². The summed E-state index contributed by atoms with van der Waals surface area (Å²) in [4.78, 5) is 30.1. The Bertz CT molecular complexity index is 1500. The number of alkyl carbamates (subject to hydrolysis) is 1. The molecule has 222 valence electrons. The second kappa shape index (κ2) is 12.6. The Balaban J connectivity index is 1.63. The van der Waals surface area contributed by atoms with Gasteiger partial charge in [0.1, 0.15) is 5.60 Å². The second-order valence-electron chi connectivity index (χ2n) is 10.1. The van der Waals surface area contributed by atoms with Crippen LogP contribution in [0.5, 0.6) is 0 Å². The summed E-state index contributed by atoms with van der Waals surface area (Å²) in [5.41, 5.74) is -0.268. The van der Waals surface area contributed by atoms with Crippen molar-refractivity contribution in [2.24, 2.45) is 0 Å². The number of nitrogens with zero attached hydrogens (tertiary/aromatic N) is 2. The molecule has 14 heteroatoms. The quantitative estimate of drug-likeness (QED) is 0.323. The Morgan fingerprint density at radius 2 is 1.66 bits per heavy atom. The number of ether oxygens (including phenoxy) is 1. The van der Waals surface area contributed by atoms with Crippen molar-refractivity contribution in [3.8, 4) is 11.1 Å². The van der Waals surface area contributed by atoms with Crippen molar-refractivity contribution in [3.63, 3.8) is 0 Å². The number of aromatic nitrogens is 1. The van der Waals surface area contributed by atoms with E-state index in [1.54, 1.807) is 32.9 Å². The van der Waals surface area contributed by atoms with Crippen LogP contribution in [-0.2, 0) is 32.2 Å². The standard InChI is InChI=1S/C27H31F3N4O5S2/c1-17-23(41(37,38)32-15-14-31-25(36)39-26(2,3)4)40-24(33-17)34(5)22(35)16-18-10-12-19(13-11-18)20-8-6-7-9-21(20)27(28,29)30/h6-13,32H,14-16H2,1-5H3,(H,31,36). The number of thiazole rings is 1. The second-order valence-corrected chi connectivity index (χ2v) is 13.0. The fraction of sp³-hybridized carbons (Fsp3) is 0.370. The van der Waals surface area contributed by atoms with E-state index in [1.807, 2.05) is 0 Å².